The summed E-state index contributed by atoms with van der Waals surface area (Å²) in [5.41, 5.74) is 0.840. The van der Waals surface area contributed by atoms with Crippen LogP contribution in [-0.2, 0) is 20.9 Å². The zero-order valence-electron chi connectivity index (χ0n) is 14.3. The van der Waals surface area contributed by atoms with E-state index in [4.69, 9.17) is 4.74 Å². The fraction of sp³-hybridized carbons (Fsp3) is 0.412. The number of amides is 1. The van der Waals surface area contributed by atoms with Crippen LogP contribution >= 0.6 is 0 Å². The summed E-state index contributed by atoms with van der Waals surface area (Å²) in [4.78, 5) is 41.1. The smallest absolute Gasteiger partial charge is 0.329 e. The number of pyridine rings is 1. The van der Waals surface area contributed by atoms with Crippen molar-refractivity contribution in [3.63, 3.8) is 0 Å². The molecule has 1 amide bonds. The largest absolute Gasteiger partial charge is 0.480 e. The first-order valence-corrected chi connectivity index (χ1v) is 7.99. The Bertz CT molecular complexity index is 880. The first kappa shape index (κ1) is 18.0. The van der Waals surface area contributed by atoms with Crippen LogP contribution in [0.2, 0.25) is 0 Å². The van der Waals surface area contributed by atoms with Crippen LogP contribution in [0.1, 0.15) is 17.3 Å². The number of halogens is 1. The molecule has 1 N–H and O–H groups in total. The van der Waals surface area contributed by atoms with E-state index >= 15 is 0 Å². The number of aliphatic carboxylic acids is 1. The zero-order chi connectivity index (χ0) is 19.0. The molecular weight excluding hydrogens is 345 g/mol. The molecule has 8 nitrogen and oxygen atoms in total. The Hall–Kier alpha value is -2.81. The van der Waals surface area contributed by atoms with E-state index in [1.807, 2.05) is 0 Å². The van der Waals surface area contributed by atoms with Crippen molar-refractivity contribution in [3.8, 4) is 0 Å². The molecule has 0 unspecified atom stereocenters. The number of rotatable bonds is 5. The van der Waals surface area contributed by atoms with Gasteiger partial charge >= 0.3 is 5.97 Å². The highest BCUT2D eigenvalue weighted by Crippen LogP contribution is 2.25. The number of carboxylic acid groups (broad SMARTS) is 1. The van der Waals surface area contributed by atoms with Gasteiger partial charge in [0.25, 0.3) is 0 Å². The molecule has 3 atom stereocenters. The van der Waals surface area contributed by atoms with Crippen LogP contribution < -0.4 is 0 Å². The van der Waals surface area contributed by atoms with Crippen LogP contribution in [0.5, 0.6) is 0 Å². The molecular formula is C17H18FN3O5. The number of carbonyl (C=O) groups is 3. The molecule has 2 aromatic rings. The fourth-order valence-corrected chi connectivity index (χ4v) is 3.35. The number of fused-ring (bicyclic) bond motifs is 1. The molecule has 0 radical (unpaired) electrons. The van der Waals surface area contributed by atoms with E-state index in [2.05, 4.69) is 4.98 Å². The number of ether oxygens (including phenoxy) is 1. The summed E-state index contributed by atoms with van der Waals surface area (Å²) in [6.45, 7) is 0.792. The summed E-state index contributed by atoms with van der Waals surface area (Å²) < 4.78 is 20.5. The predicted molar refractivity (Wildman–Crippen MR) is 88.6 cm³/mol. The van der Waals surface area contributed by atoms with Gasteiger partial charge in [-0.3, -0.25) is 9.59 Å². The SMILES string of the molecule is CO[C@H]1[C@@H](C(=O)O)N(C(=O)Cn2cc(C(C)=O)c3cccnc32)C[C@@H]1F. The van der Waals surface area contributed by atoms with Crippen LogP contribution in [0.3, 0.4) is 0 Å². The van der Waals surface area contributed by atoms with Gasteiger partial charge in [-0.25, -0.2) is 14.2 Å². The van der Waals surface area contributed by atoms with Gasteiger partial charge in [-0.05, 0) is 19.1 Å². The molecule has 1 aliphatic rings. The number of nitrogens with zero attached hydrogens (tertiary/aromatic N) is 3. The summed E-state index contributed by atoms with van der Waals surface area (Å²) in [6.07, 6.45) is 0.229. The molecule has 1 fully saturated rings. The topological polar surface area (TPSA) is 102 Å². The summed E-state index contributed by atoms with van der Waals surface area (Å²) in [5.74, 6) is -2.09. The van der Waals surface area contributed by atoms with Crippen molar-refractivity contribution in [2.45, 2.75) is 31.8 Å². The Morgan fingerprint density at radius 2 is 2.15 bits per heavy atom. The van der Waals surface area contributed by atoms with Crippen molar-refractivity contribution >= 4 is 28.7 Å². The Labute approximate surface area is 148 Å². The Morgan fingerprint density at radius 1 is 1.42 bits per heavy atom. The van der Waals surface area contributed by atoms with E-state index < -0.39 is 30.2 Å². The van der Waals surface area contributed by atoms with Crippen LogP contribution in [0.4, 0.5) is 4.39 Å². The fourth-order valence-electron chi connectivity index (χ4n) is 3.35. The summed E-state index contributed by atoms with van der Waals surface area (Å²) >= 11 is 0. The standard InChI is InChI=1S/C17H18FN3O5/c1-9(22)11-6-20(16-10(11)4-3-5-19-16)8-13(23)21-7-12(18)15(26-2)14(21)17(24)25/h3-6,12,14-15H,7-8H2,1-2H3,(H,24,25)/t12-,14-,15+/m0/s1. The van der Waals surface area contributed by atoms with Crippen molar-refractivity contribution in [2.24, 2.45) is 0 Å². The van der Waals surface area contributed by atoms with Crippen molar-refractivity contribution in [2.75, 3.05) is 13.7 Å². The first-order valence-electron chi connectivity index (χ1n) is 7.99. The van der Waals surface area contributed by atoms with Crippen molar-refractivity contribution < 1.29 is 28.6 Å². The average molecular weight is 363 g/mol. The molecule has 0 bridgehead atoms. The van der Waals surface area contributed by atoms with Crippen molar-refractivity contribution in [1.29, 1.82) is 0 Å². The average Bonchev–Trinajstić information content (AvgIpc) is 3.13. The maximum atomic E-state index is 14.1. The van der Waals surface area contributed by atoms with Gasteiger partial charge in [0.05, 0.1) is 6.54 Å². The summed E-state index contributed by atoms with van der Waals surface area (Å²) in [7, 11) is 1.21. The van der Waals surface area contributed by atoms with Crippen LogP contribution in [-0.4, -0.2) is 69.2 Å². The number of likely N-dealkylation sites (tertiary alicyclic amines) is 1. The molecule has 2 aromatic heterocycles. The molecule has 0 spiro atoms. The second kappa shape index (κ2) is 6.83. The molecule has 138 valence electrons. The molecule has 0 saturated carbocycles. The molecule has 0 aliphatic carbocycles. The van der Waals surface area contributed by atoms with Crippen LogP contribution in [0, 0.1) is 0 Å². The third-order valence-electron chi connectivity index (χ3n) is 4.54. The minimum absolute atomic E-state index is 0.179. The Balaban J connectivity index is 1.92. The number of carbonyl (C=O) groups excluding carboxylic acids is 2. The van der Waals surface area contributed by atoms with E-state index in [0.717, 1.165) is 4.90 Å². The number of alkyl halides is 1. The number of aromatic nitrogens is 2. The van der Waals surface area contributed by atoms with E-state index in [1.165, 1.54) is 31.0 Å². The molecule has 9 heteroatoms. The monoisotopic (exact) mass is 363 g/mol. The maximum absolute atomic E-state index is 14.1. The highest BCUT2D eigenvalue weighted by molar-refractivity contribution is 6.06. The molecule has 3 heterocycles. The lowest BCUT2D eigenvalue weighted by atomic mass is 10.1. The lowest BCUT2D eigenvalue weighted by Gasteiger charge is -2.23. The quantitative estimate of drug-likeness (QED) is 0.792. The molecule has 26 heavy (non-hydrogen) atoms. The minimum atomic E-state index is -1.59. The summed E-state index contributed by atoms with van der Waals surface area (Å²) in [5, 5.41) is 9.96. The Kier molecular flexibility index (Phi) is 4.73. The van der Waals surface area contributed by atoms with Gasteiger partial charge in [-0.2, -0.15) is 0 Å². The minimum Gasteiger partial charge on any atom is -0.480 e. The normalized spacial score (nSPS) is 22.7. The third kappa shape index (κ3) is 2.94. The lowest BCUT2D eigenvalue weighted by Crippen LogP contribution is -2.46. The first-order chi connectivity index (χ1) is 12.3. The summed E-state index contributed by atoms with van der Waals surface area (Å²) in [6, 6.07) is 2.00. The van der Waals surface area contributed by atoms with Crippen LogP contribution in [0.15, 0.2) is 24.5 Å². The van der Waals surface area contributed by atoms with Crippen molar-refractivity contribution in [3.05, 3.63) is 30.1 Å². The second-order valence-electron chi connectivity index (χ2n) is 6.15. The number of Topliss-reactive ketones (excluding diaryl/α,β-unsaturated/α-hetero) is 1. The Morgan fingerprint density at radius 3 is 2.77 bits per heavy atom. The molecule has 1 aliphatic heterocycles. The molecule has 3 rings (SSSR count). The number of carboxylic acids is 1. The maximum Gasteiger partial charge on any atom is 0.329 e. The predicted octanol–water partition coefficient (Wildman–Crippen LogP) is 0.887. The van der Waals surface area contributed by atoms with E-state index in [-0.39, 0.29) is 18.9 Å². The number of ketones is 1. The van der Waals surface area contributed by atoms with Gasteiger partial charge < -0.3 is 19.3 Å². The molecule has 0 aromatic carbocycles. The van der Waals surface area contributed by atoms with Gasteiger partial charge in [-0.15, -0.1) is 0 Å². The van der Waals surface area contributed by atoms with Gasteiger partial charge in [-0.1, -0.05) is 0 Å². The van der Waals surface area contributed by atoms with Gasteiger partial charge in [0.1, 0.15) is 24.5 Å². The van der Waals surface area contributed by atoms with E-state index in [9.17, 15) is 23.9 Å². The highest BCUT2D eigenvalue weighted by atomic mass is 19.1. The number of hydrogen-bond acceptors (Lipinski definition) is 5. The third-order valence-corrected chi connectivity index (χ3v) is 4.54. The zero-order valence-corrected chi connectivity index (χ0v) is 14.3. The van der Waals surface area contributed by atoms with Crippen LogP contribution in [0.25, 0.3) is 11.0 Å². The van der Waals surface area contributed by atoms with E-state index in [0.29, 0.717) is 16.6 Å². The van der Waals surface area contributed by atoms with Crippen molar-refractivity contribution in [1.82, 2.24) is 14.5 Å². The molecule has 1 saturated heterocycles. The van der Waals surface area contributed by atoms with Gasteiger partial charge in [0.2, 0.25) is 5.91 Å². The highest BCUT2D eigenvalue weighted by Gasteiger charge is 2.48. The van der Waals surface area contributed by atoms with Gasteiger partial charge in [0, 0.05) is 30.5 Å². The second-order valence-corrected chi connectivity index (χ2v) is 6.15. The number of hydrogen-bond donors (Lipinski definition) is 1. The van der Waals surface area contributed by atoms with E-state index in [1.54, 1.807) is 12.1 Å². The number of methoxy groups -OCH3 is 1. The lowest BCUT2D eigenvalue weighted by molar-refractivity contribution is -0.152. The van der Waals surface area contributed by atoms with Gasteiger partial charge in [0.15, 0.2) is 11.8 Å².